The van der Waals surface area contributed by atoms with Crippen molar-refractivity contribution in [1.29, 1.82) is 0 Å². The Kier molecular flexibility index (Phi) is 8.88. The van der Waals surface area contributed by atoms with Crippen molar-refractivity contribution < 1.29 is 38.7 Å². The van der Waals surface area contributed by atoms with Gasteiger partial charge in [-0.1, -0.05) is 12.2 Å². The zero-order chi connectivity index (χ0) is 26.9. The summed E-state index contributed by atoms with van der Waals surface area (Å²) in [5.41, 5.74) is 1.98. The van der Waals surface area contributed by atoms with Gasteiger partial charge in [-0.05, 0) is 48.0 Å². The van der Waals surface area contributed by atoms with Gasteiger partial charge in [0.1, 0.15) is 0 Å². The summed E-state index contributed by atoms with van der Waals surface area (Å²) in [4.78, 5) is 12.5. The van der Waals surface area contributed by atoms with E-state index in [9.17, 15) is 15.0 Å². The highest BCUT2D eigenvalue weighted by atomic mass is 16.5. The average Bonchev–Trinajstić information content (AvgIpc) is 2.92. The number of ketones is 1. The number of rotatable bonds is 11. The lowest BCUT2D eigenvalue weighted by molar-refractivity contribution is 0.104. The smallest absolute Gasteiger partial charge is 0.203 e. The van der Waals surface area contributed by atoms with Crippen molar-refractivity contribution >= 4 is 23.6 Å². The van der Waals surface area contributed by atoms with Crippen molar-refractivity contribution in [2.45, 2.75) is 0 Å². The van der Waals surface area contributed by atoms with Crippen LogP contribution < -0.4 is 29.0 Å². The minimum absolute atomic E-state index is 0.131. The first-order valence-electron chi connectivity index (χ1n) is 11.1. The zero-order valence-corrected chi connectivity index (χ0v) is 21.2. The Labute approximate surface area is 215 Å². The van der Waals surface area contributed by atoms with Crippen molar-refractivity contribution in [3.8, 4) is 40.2 Å². The Morgan fingerprint density at radius 1 is 0.757 bits per heavy atom. The maximum Gasteiger partial charge on any atom is 0.203 e. The summed E-state index contributed by atoms with van der Waals surface area (Å²) < 4.78 is 26.4. The molecule has 3 N–H and O–H groups in total. The summed E-state index contributed by atoms with van der Waals surface area (Å²) in [5.74, 6) is 1.38. The van der Waals surface area contributed by atoms with Gasteiger partial charge in [-0.3, -0.25) is 4.79 Å². The molecular formula is C28H29NO8. The molecule has 0 heterocycles. The largest absolute Gasteiger partial charge is 0.504 e. The first-order chi connectivity index (χ1) is 17.9. The molecule has 0 aromatic heterocycles. The first kappa shape index (κ1) is 26.8. The maximum atomic E-state index is 12.5. The molecule has 37 heavy (non-hydrogen) atoms. The molecule has 0 spiro atoms. The van der Waals surface area contributed by atoms with Gasteiger partial charge in [0, 0.05) is 23.4 Å². The van der Waals surface area contributed by atoms with Crippen molar-refractivity contribution in [3.05, 3.63) is 71.4 Å². The number of anilines is 1. The van der Waals surface area contributed by atoms with Crippen LogP contribution in [0.4, 0.5) is 5.69 Å². The number of methoxy groups -OCH3 is 5. The molecule has 3 rings (SSSR count). The van der Waals surface area contributed by atoms with Gasteiger partial charge >= 0.3 is 0 Å². The number of carbonyl (C=O) groups excluding carboxylic acids is 1. The first-order valence-corrected chi connectivity index (χ1v) is 11.1. The highest BCUT2D eigenvalue weighted by Gasteiger charge is 2.14. The van der Waals surface area contributed by atoms with Gasteiger partial charge < -0.3 is 39.2 Å². The van der Waals surface area contributed by atoms with Crippen molar-refractivity contribution in [2.24, 2.45) is 0 Å². The van der Waals surface area contributed by atoms with Crippen LogP contribution in [0, 0.1) is 0 Å². The molecule has 0 unspecified atom stereocenters. The van der Waals surface area contributed by atoms with E-state index in [-0.39, 0.29) is 34.3 Å². The van der Waals surface area contributed by atoms with Gasteiger partial charge in [-0.2, -0.15) is 0 Å². The number of allylic oxidation sites excluding steroid dienone is 1. The van der Waals surface area contributed by atoms with Crippen LogP contribution >= 0.6 is 0 Å². The predicted octanol–water partition coefficient (Wildman–Crippen LogP) is 5.12. The second-order valence-corrected chi connectivity index (χ2v) is 7.60. The van der Waals surface area contributed by atoms with Crippen LogP contribution in [0.1, 0.15) is 21.5 Å². The molecule has 0 saturated carbocycles. The van der Waals surface area contributed by atoms with E-state index < -0.39 is 0 Å². The molecule has 0 aliphatic heterocycles. The fraction of sp³-hybridized carbons (Fsp3) is 0.179. The van der Waals surface area contributed by atoms with Gasteiger partial charge in [-0.15, -0.1) is 0 Å². The topological polar surface area (TPSA) is 116 Å². The average molecular weight is 508 g/mol. The Bertz CT molecular complexity index is 1300. The molecule has 0 aliphatic rings. The summed E-state index contributed by atoms with van der Waals surface area (Å²) in [6.45, 7) is 0. The molecular weight excluding hydrogens is 478 g/mol. The lowest BCUT2D eigenvalue weighted by atomic mass is 10.1. The summed E-state index contributed by atoms with van der Waals surface area (Å²) in [6, 6.07) is 11.3. The fourth-order valence-electron chi connectivity index (χ4n) is 3.57. The van der Waals surface area contributed by atoms with Crippen LogP contribution in [-0.4, -0.2) is 51.5 Å². The number of phenolic OH excluding ortho intramolecular Hbond substituents is 2. The second kappa shape index (κ2) is 12.3. The molecule has 0 atom stereocenters. The van der Waals surface area contributed by atoms with Crippen LogP contribution in [-0.2, 0) is 0 Å². The molecule has 0 bridgehead atoms. The molecule has 0 amide bonds. The van der Waals surface area contributed by atoms with E-state index in [1.165, 1.54) is 60.0 Å². The second-order valence-electron chi connectivity index (χ2n) is 7.60. The lowest BCUT2D eigenvalue weighted by Gasteiger charge is -2.13. The number of nitrogens with one attached hydrogen (secondary N) is 1. The Morgan fingerprint density at radius 3 is 1.95 bits per heavy atom. The Morgan fingerprint density at radius 2 is 1.38 bits per heavy atom. The van der Waals surface area contributed by atoms with E-state index >= 15 is 0 Å². The number of benzene rings is 3. The van der Waals surface area contributed by atoms with E-state index in [0.717, 1.165) is 5.56 Å². The predicted molar refractivity (Wildman–Crippen MR) is 141 cm³/mol. The standard InChI is InChI=1S/C28H29NO8/c1-33-22-10-9-19(16-21(22)31)20(30)12-13-29-26-18(8-11-23(34-2)27(26)32)7-6-17-14-24(35-3)28(37-5)25(15-17)36-4/h6-16,29,31-32H,1-5H3. The van der Waals surface area contributed by atoms with E-state index in [4.69, 9.17) is 23.7 Å². The molecule has 0 aliphatic carbocycles. The normalized spacial score (nSPS) is 10.9. The van der Waals surface area contributed by atoms with Crippen LogP contribution in [0.25, 0.3) is 12.2 Å². The summed E-state index contributed by atoms with van der Waals surface area (Å²) in [6.07, 6.45) is 6.27. The van der Waals surface area contributed by atoms with Crippen LogP contribution in [0.3, 0.4) is 0 Å². The molecule has 194 valence electrons. The van der Waals surface area contributed by atoms with Gasteiger partial charge in [0.15, 0.2) is 40.3 Å². The van der Waals surface area contributed by atoms with Crippen LogP contribution in [0.15, 0.2) is 54.7 Å². The summed E-state index contributed by atoms with van der Waals surface area (Å²) in [5, 5.41) is 23.6. The van der Waals surface area contributed by atoms with Crippen molar-refractivity contribution in [1.82, 2.24) is 0 Å². The van der Waals surface area contributed by atoms with Gasteiger partial charge in [0.05, 0.1) is 41.2 Å². The lowest BCUT2D eigenvalue weighted by Crippen LogP contribution is -1.98. The highest BCUT2D eigenvalue weighted by Crippen LogP contribution is 2.40. The molecule has 0 saturated heterocycles. The molecule has 0 fully saturated rings. The van der Waals surface area contributed by atoms with Crippen molar-refractivity contribution in [3.63, 3.8) is 0 Å². The molecule has 3 aromatic rings. The Hall–Kier alpha value is -4.79. The molecule has 3 aromatic carbocycles. The third kappa shape index (κ3) is 6.07. The fourth-order valence-corrected chi connectivity index (χ4v) is 3.57. The van der Waals surface area contributed by atoms with Crippen LogP contribution in [0.5, 0.6) is 40.2 Å². The minimum Gasteiger partial charge on any atom is -0.504 e. The quantitative estimate of drug-likeness (QED) is 0.141. The molecule has 9 heteroatoms. The van der Waals surface area contributed by atoms with Gasteiger partial charge in [0.25, 0.3) is 0 Å². The van der Waals surface area contributed by atoms with E-state index in [2.05, 4.69) is 5.32 Å². The number of hydrogen-bond donors (Lipinski definition) is 3. The van der Waals surface area contributed by atoms with Gasteiger partial charge in [-0.25, -0.2) is 0 Å². The molecule has 0 radical (unpaired) electrons. The number of carbonyl (C=O) groups is 1. The van der Waals surface area contributed by atoms with Crippen molar-refractivity contribution in [2.75, 3.05) is 40.9 Å². The van der Waals surface area contributed by atoms with E-state index in [1.807, 2.05) is 6.08 Å². The number of ether oxygens (including phenoxy) is 5. The van der Waals surface area contributed by atoms with E-state index in [1.54, 1.807) is 36.4 Å². The van der Waals surface area contributed by atoms with E-state index in [0.29, 0.717) is 28.5 Å². The zero-order valence-electron chi connectivity index (χ0n) is 21.2. The minimum atomic E-state index is -0.359. The third-order valence-electron chi connectivity index (χ3n) is 5.46. The number of phenols is 2. The summed E-state index contributed by atoms with van der Waals surface area (Å²) >= 11 is 0. The molecule has 9 nitrogen and oxygen atoms in total. The summed E-state index contributed by atoms with van der Waals surface area (Å²) in [7, 11) is 7.47. The van der Waals surface area contributed by atoms with Gasteiger partial charge in [0.2, 0.25) is 5.75 Å². The number of hydrogen-bond acceptors (Lipinski definition) is 9. The SMILES string of the molecule is COc1ccc(C(=O)C=CNc2c(C=Cc3cc(OC)c(OC)c(OC)c3)ccc(OC)c2O)cc1O. The third-order valence-corrected chi connectivity index (χ3v) is 5.46. The monoisotopic (exact) mass is 507 g/mol. The highest BCUT2D eigenvalue weighted by molar-refractivity contribution is 6.05. The Balaban J connectivity index is 1.90. The number of aromatic hydroxyl groups is 2. The van der Waals surface area contributed by atoms with Crippen LogP contribution in [0.2, 0.25) is 0 Å². The maximum absolute atomic E-state index is 12.5.